The Morgan fingerprint density at radius 1 is 1.37 bits per heavy atom. The van der Waals surface area contributed by atoms with Crippen molar-refractivity contribution in [3.63, 3.8) is 0 Å². The van der Waals surface area contributed by atoms with Gasteiger partial charge in [-0.1, -0.05) is 0 Å². The first-order valence-corrected chi connectivity index (χ1v) is 6.66. The fourth-order valence-electron chi connectivity index (χ4n) is 1.05. The zero-order valence-electron chi connectivity index (χ0n) is 9.30. The summed E-state index contributed by atoms with van der Waals surface area (Å²) in [6.07, 6.45) is 0. The fourth-order valence-corrected chi connectivity index (χ4v) is 2.15. The van der Waals surface area contributed by atoms with Gasteiger partial charge in [-0.15, -0.1) is 20.9 Å². The predicted molar refractivity (Wildman–Crippen MR) is 65.9 cm³/mol. The predicted octanol–water partition coefficient (Wildman–Crippen LogP) is 1.44. The molecule has 19 heavy (non-hydrogen) atoms. The van der Waals surface area contributed by atoms with Gasteiger partial charge < -0.3 is 4.18 Å². The molecule has 0 heterocycles. The standard InChI is InChI=1S/C8H8ClN3O6S/c9-5-6-11(10-13)19(16,17)18-8-3-1-7(2-4-8)12(14)15/h1-4H,5-6H2. The Hall–Kier alpha value is -1.94. The average molecular weight is 310 g/mol. The summed E-state index contributed by atoms with van der Waals surface area (Å²) < 4.78 is 27.8. The molecule has 0 N–H and O–H groups in total. The highest BCUT2D eigenvalue weighted by atomic mass is 35.5. The van der Waals surface area contributed by atoms with Crippen LogP contribution >= 0.6 is 11.6 Å². The Labute approximate surface area is 113 Å². The first kappa shape index (κ1) is 15.1. The number of nitro benzene ring substituents is 1. The van der Waals surface area contributed by atoms with Gasteiger partial charge in [-0.05, 0) is 12.1 Å². The Balaban J connectivity index is 2.88. The van der Waals surface area contributed by atoms with Gasteiger partial charge in [-0.3, -0.25) is 10.1 Å². The van der Waals surface area contributed by atoms with Crippen molar-refractivity contribution >= 4 is 27.6 Å². The molecule has 1 aromatic rings. The van der Waals surface area contributed by atoms with Gasteiger partial charge in [0.2, 0.25) is 0 Å². The quantitative estimate of drug-likeness (QED) is 0.325. The number of hydrogen-bond donors (Lipinski definition) is 0. The van der Waals surface area contributed by atoms with Crippen LogP contribution in [0.2, 0.25) is 0 Å². The van der Waals surface area contributed by atoms with Crippen LogP contribution in [0.15, 0.2) is 29.6 Å². The van der Waals surface area contributed by atoms with Gasteiger partial charge >= 0.3 is 10.3 Å². The molecule has 0 bridgehead atoms. The second-order valence-corrected chi connectivity index (χ2v) is 4.93. The first-order valence-electron chi connectivity index (χ1n) is 4.76. The highest BCUT2D eigenvalue weighted by Crippen LogP contribution is 2.20. The van der Waals surface area contributed by atoms with Crippen LogP contribution < -0.4 is 4.18 Å². The molecule has 0 aliphatic heterocycles. The maximum atomic E-state index is 11.6. The van der Waals surface area contributed by atoms with E-state index in [1.165, 1.54) is 0 Å². The number of nitrogens with zero attached hydrogens (tertiary/aromatic N) is 3. The lowest BCUT2D eigenvalue weighted by Crippen LogP contribution is -2.31. The van der Waals surface area contributed by atoms with E-state index in [0.29, 0.717) is 0 Å². The van der Waals surface area contributed by atoms with E-state index >= 15 is 0 Å². The van der Waals surface area contributed by atoms with Gasteiger partial charge in [-0.2, -0.15) is 8.42 Å². The van der Waals surface area contributed by atoms with Gasteiger partial charge in [0.15, 0.2) is 0 Å². The van der Waals surface area contributed by atoms with Gasteiger partial charge in [0, 0.05) is 18.0 Å². The van der Waals surface area contributed by atoms with Crippen molar-refractivity contribution in [1.82, 2.24) is 4.41 Å². The number of rotatable bonds is 7. The van der Waals surface area contributed by atoms with Crippen LogP contribution in [0.5, 0.6) is 5.75 Å². The molecule has 0 radical (unpaired) electrons. The van der Waals surface area contributed by atoms with Crippen molar-refractivity contribution in [2.75, 3.05) is 12.4 Å². The summed E-state index contributed by atoms with van der Waals surface area (Å²) in [6, 6.07) is 4.29. The number of alkyl halides is 1. The molecule has 0 unspecified atom stereocenters. The van der Waals surface area contributed by atoms with E-state index in [2.05, 4.69) is 9.47 Å². The van der Waals surface area contributed by atoms with Gasteiger partial charge in [0.1, 0.15) is 5.75 Å². The molecular formula is C8H8ClN3O6S. The molecule has 0 aliphatic carbocycles. The lowest BCUT2D eigenvalue weighted by atomic mass is 10.3. The van der Waals surface area contributed by atoms with Gasteiger partial charge in [0.05, 0.1) is 16.8 Å². The fraction of sp³-hybridized carbons (Fsp3) is 0.250. The van der Waals surface area contributed by atoms with Crippen LogP contribution in [0, 0.1) is 15.0 Å². The van der Waals surface area contributed by atoms with Crippen molar-refractivity contribution in [3.8, 4) is 5.75 Å². The summed E-state index contributed by atoms with van der Waals surface area (Å²) in [4.78, 5) is 20.1. The van der Waals surface area contributed by atoms with Crippen molar-refractivity contribution in [1.29, 1.82) is 0 Å². The molecule has 9 nitrogen and oxygen atoms in total. The molecule has 0 amide bonds. The Morgan fingerprint density at radius 3 is 2.37 bits per heavy atom. The molecule has 0 saturated carbocycles. The zero-order chi connectivity index (χ0) is 14.5. The number of nitro groups is 1. The number of halogens is 1. The molecule has 0 aliphatic rings. The van der Waals surface area contributed by atoms with E-state index in [4.69, 9.17) is 11.6 Å². The van der Waals surface area contributed by atoms with Crippen LogP contribution in [0.25, 0.3) is 0 Å². The molecular weight excluding hydrogens is 302 g/mol. The van der Waals surface area contributed by atoms with Crippen LogP contribution in [0.4, 0.5) is 5.69 Å². The minimum absolute atomic E-state index is 0.140. The summed E-state index contributed by atoms with van der Waals surface area (Å²) in [6.45, 7) is -0.347. The van der Waals surface area contributed by atoms with Crippen LogP contribution in [-0.2, 0) is 10.3 Å². The highest BCUT2D eigenvalue weighted by molar-refractivity contribution is 7.84. The first-order chi connectivity index (χ1) is 8.90. The summed E-state index contributed by atoms with van der Waals surface area (Å²) in [5.74, 6) is -0.331. The van der Waals surface area contributed by atoms with E-state index < -0.39 is 15.2 Å². The van der Waals surface area contributed by atoms with Crippen molar-refractivity contribution in [3.05, 3.63) is 39.3 Å². The Morgan fingerprint density at radius 2 is 1.95 bits per heavy atom. The lowest BCUT2D eigenvalue weighted by Gasteiger charge is -2.13. The van der Waals surface area contributed by atoms with E-state index in [0.717, 1.165) is 24.3 Å². The molecule has 0 atom stereocenters. The van der Waals surface area contributed by atoms with Gasteiger partial charge in [-0.25, -0.2) is 0 Å². The van der Waals surface area contributed by atoms with Crippen molar-refractivity contribution in [2.45, 2.75) is 0 Å². The number of non-ortho nitro benzene ring substituents is 1. The summed E-state index contributed by atoms with van der Waals surface area (Å²) in [5.41, 5.74) is -0.226. The van der Waals surface area contributed by atoms with Crippen LogP contribution in [0.3, 0.4) is 0 Å². The SMILES string of the molecule is O=NN(CCCl)S(=O)(=O)Oc1ccc([N+](=O)[O-])cc1. The highest BCUT2D eigenvalue weighted by Gasteiger charge is 2.24. The normalized spacial score (nSPS) is 10.8. The molecule has 0 fully saturated rings. The van der Waals surface area contributed by atoms with E-state index in [1.807, 2.05) is 0 Å². The molecule has 104 valence electrons. The summed E-state index contributed by atoms with van der Waals surface area (Å²) in [5, 5.41) is 12.7. The molecule has 1 rings (SSSR count). The average Bonchev–Trinajstić information content (AvgIpc) is 2.35. The third kappa shape index (κ3) is 4.03. The lowest BCUT2D eigenvalue weighted by molar-refractivity contribution is -0.384. The molecule has 11 heteroatoms. The maximum Gasteiger partial charge on any atom is 0.427 e. The minimum Gasteiger partial charge on any atom is -0.366 e. The van der Waals surface area contributed by atoms with E-state index in [9.17, 15) is 23.4 Å². The smallest absolute Gasteiger partial charge is 0.366 e. The van der Waals surface area contributed by atoms with Crippen molar-refractivity contribution < 1.29 is 17.5 Å². The number of hydrogen-bond acceptors (Lipinski definition) is 7. The second-order valence-electron chi connectivity index (χ2n) is 3.11. The number of nitroso groups, excluding NO2 is 1. The van der Waals surface area contributed by atoms with Gasteiger partial charge in [0.25, 0.3) is 5.69 Å². The molecule has 0 spiro atoms. The summed E-state index contributed by atoms with van der Waals surface area (Å²) in [7, 11) is -4.42. The third-order valence-corrected chi connectivity index (χ3v) is 3.21. The third-order valence-electron chi connectivity index (χ3n) is 1.87. The van der Waals surface area contributed by atoms with E-state index in [-0.39, 0.29) is 28.3 Å². The van der Waals surface area contributed by atoms with E-state index in [1.54, 1.807) is 0 Å². The maximum absolute atomic E-state index is 11.6. The van der Waals surface area contributed by atoms with Crippen molar-refractivity contribution in [2.24, 2.45) is 5.29 Å². The molecule has 0 saturated heterocycles. The molecule has 1 aromatic carbocycles. The Kier molecular flexibility index (Phi) is 5.01. The van der Waals surface area contributed by atoms with Crippen LogP contribution in [0.1, 0.15) is 0 Å². The molecule has 0 aromatic heterocycles. The topological polar surface area (TPSA) is 119 Å². The monoisotopic (exact) mass is 309 g/mol. The zero-order valence-corrected chi connectivity index (χ0v) is 10.9. The minimum atomic E-state index is -4.42. The largest absolute Gasteiger partial charge is 0.427 e. The number of benzene rings is 1. The second kappa shape index (κ2) is 6.29. The summed E-state index contributed by atoms with van der Waals surface area (Å²) >= 11 is 5.30. The Bertz CT molecular complexity index is 560. The van der Waals surface area contributed by atoms with Crippen LogP contribution in [-0.4, -0.2) is 30.2 Å².